The van der Waals surface area contributed by atoms with Crippen molar-refractivity contribution in [3.05, 3.63) is 95.8 Å². The van der Waals surface area contributed by atoms with Crippen molar-refractivity contribution in [2.75, 3.05) is 5.32 Å². The van der Waals surface area contributed by atoms with Gasteiger partial charge < -0.3 is 5.32 Å². The van der Waals surface area contributed by atoms with Crippen LogP contribution in [0.15, 0.2) is 78.9 Å². The summed E-state index contributed by atoms with van der Waals surface area (Å²) >= 11 is 0. The molecule has 5 nitrogen and oxygen atoms in total. The number of carbonyl (C=O) groups is 1. The molecule has 0 bridgehead atoms. The van der Waals surface area contributed by atoms with Gasteiger partial charge in [-0.25, -0.2) is 4.39 Å². The Morgan fingerprint density at radius 2 is 1.60 bits per heavy atom. The average Bonchev–Trinajstić information content (AvgIpc) is 3.16. The summed E-state index contributed by atoms with van der Waals surface area (Å²) in [5.74, 6) is -0.687. The normalized spacial score (nSPS) is 11.1. The Morgan fingerprint density at radius 3 is 2.40 bits per heavy atom. The van der Waals surface area contributed by atoms with Crippen molar-refractivity contribution in [3.63, 3.8) is 0 Å². The number of carbonyl (C=O) groups excluding carboxylic acids is 1. The van der Waals surface area contributed by atoms with Crippen LogP contribution in [0.25, 0.3) is 27.5 Å². The Kier molecular flexibility index (Phi) is 4.25. The number of nitrogens with one attached hydrogen (secondary N) is 1. The van der Waals surface area contributed by atoms with E-state index in [0.717, 1.165) is 27.5 Å². The number of aromatic nitrogens is 3. The van der Waals surface area contributed by atoms with Gasteiger partial charge in [-0.15, -0.1) is 15.0 Å². The van der Waals surface area contributed by atoms with Crippen LogP contribution in [0.4, 0.5) is 10.1 Å². The van der Waals surface area contributed by atoms with Crippen LogP contribution in [0, 0.1) is 12.7 Å². The number of hydrogen-bond acceptors (Lipinski definition) is 3. The maximum absolute atomic E-state index is 13.1. The summed E-state index contributed by atoms with van der Waals surface area (Å²) in [6, 6.07) is 23.2. The van der Waals surface area contributed by atoms with E-state index in [-0.39, 0.29) is 11.7 Å². The fourth-order valence-electron chi connectivity index (χ4n) is 3.49. The van der Waals surface area contributed by atoms with E-state index in [1.165, 1.54) is 24.3 Å². The minimum Gasteiger partial charge on any atom is -0.322 e. The molecule has 0 radical (unpaired) electrons. The van der Waals surface area contributed by atoms with E-state index in [2.05, 4.69) is 27.6 Å². The second kappa shape index (κ2) is 7.08. The molecule has 5 rings (SSSR count). The van der Waals surface area contributed by atoms with E-state index in [1.807, 2.05) is 43.3 Å². The third-order valence-corrected chi connectivity index (χ3v) is 5.06. The molecule has 1 amide bonds. The van der Waals surface area contributed by atoms with Crippen LogP contribution in [-0.4, -0.2) is 20.9 Å². The van der Waals surface area contributed by atoms with Crippen LogP contribution >= 0.6 is 0 Å². The predicted octanol–water partition coefficient (Wildman–Crippen LogP) is 5.27. The number of rotatable bonds is 3. The number of nitrogens with zero attached hydrogens (tertiary/aromatic N) is 3. The first kappa shape index (κ1) is 18.0. The van der Waals surface area contributed by atoms with Crippen molar-refractivity contribution in [2.45, 2.75) is 6.92 Å². The Morgan fingerprint density at radius 1 is 0.900 bits per heavy atom. The van der Waals surface area contributed by atoms with Gasteiger partial charge in [0.15, 0.2) is 0 Å². The Bertz CT molecular complexity index is 1400. The molecular formula is C24H17FN4O. The molecule has 146 valence electrons. The summed E-state index contributed by atoms with van der Waals surface area (Å²) in [7, 11) is 0. The van der Waals surface area contributed by atoms with Crippen LogP contribution in [-0.2, 0) is 0 Å². The largest absolute Gasteiger partial charge is 0.322 e. The van der Waals surface area contributed by atoms with Gasteiger partial charge in [0.2, 0.25) is 0 Å². The average molecular weight is 396 g/mol. The third kappa shape index (κ3) is 3.18. The van der Waals surface area contributed by atoms with Crippen molar-refractivity contribution in [3.8, 4) is 5.69 Å². The van der Waals surface area contributed by atoms with Gasteiger partial charge in [0, 0.05) is 16.6 Å². The maximum atomic E-state index is 13.1. The monoisotopic (exact) mass is 396 g/mol. The van der Waals surface area contributed by atoms with Crippen molar-refractivity contribution in [1.82, 2.24) is 15.0 Å². The molecule has 1 aromatic heterocycles. The van der Waals surface area contributed by atoms with Crippen molar-refractivity contribution < 1.29 is 9.18 Å². The van der Waals surface area contributed by atoms with Gasteiger partial charge >= 0.3 is 0 Å². The van der Waals surface area contributed by atoms with Crippen LogP contribution in [0.3, 0.4) is 0 Å². The molecule has 0 fully saturated rings. The summed E-state index contributed by atoms with van der Waals surface area (Å²) in [6.45, 7) is 1.90. The first-order valence-electron chi connectivity index (χ1n) is 9.51. The van der Waals surface area contributed by atoms with Gasteiger partial charge in [0.25, 0.3) is 5.91 Å². The SMILES string of the molecule is Cc1cc2nn(-c3cccc4ccccc34)nc2cc1NC(=O)c1ccc(F)cc1. The van der Waals surface area contributed by atoms with Crippen molar-refractivity contribution >= 4 is 33.4 Å². The lowest BCUT2D eigenvalue weighted by Crippen LogP contribution is -2.12. The van der Waals surface area contributed by atoms with Crippen LogP contribution in [0.2, 0.25) is 0 Å². The lowest BCUT2D eigenvalue weighted by atomic mass is 10.1. The molecular weight excluding hydrogens is 379 g/mol. The first-order chi connectivity index (χ1) is 14.6. The summed E-state index contributed by atoms with van der Waals surface area (Å²) in [5, 5.41) is 14.3. The van der Waals surface area contributed by atoms with Gasteiger partial charge in [0.1, 0.15) is 16.9 Å². The molecule has 0 aliphatic carbocycles. The summed E-state index contributed by atoms with van der Waals surface area (Å²) in [6.07, 6.45) is 0. The molecule has 4 aromatic carbocycles. The third-order valence-electron chi connectivity index (χ3n) is 5.06. The molecule has 0 saturated heterocycles. The number of benzene rings is 4. The van der Waals surface area contributed by atoms with Crippen molar-refractivity contribution in [1.29, 1.82) is 0 Å². The van der Waals surface area contributed by atoms with E-state index < -0.39 is 0 Å². The Hall–Kier alpha value is -4.06. The lowest BCUT2D eigenvalue weighted by Gasteiger charge is -2.08. The van der Waals surface area contributed by atoms with Gasteiger partial charge in [0.05, 0.1) is 5.69 Å². The highest BCUT2D eigenvalue weighted by molar-refractivity contribution is 6.05. The van der Waals surface area contributed by atoms with Gasteiger partial charge in [-0.1, -0.05) is 36.4 Å². The number of hydrogen-bond donors (Lipinski definition) is 1. The predicted molar refractivity (Wildman–Crippen MR) is 115 cm³/mol. The molecule has 1 N–H and O–H groups in total. The second-order valence-electron chi connectivity index (χ2n) is 7.10. The summed E-state index contributed by atoms with van der Waals surface area (Å²) in [5.41, 5.74) is 4.18. The van der Waals surface area contributed by atoms with Crippen LogP contribution < -0.4 is 5.32 Å². The van der Waals surface area contributed by atoms with Crippen LogP contribution in [0.5, 0.6) is 0 Å². The maximum Gasteiger partial charge on any atom is 0.255 e. The Balaban J connectivity index is 1.53. The highest BCUT2D eigenvalue weighted by Gasteiger charge is 2.13. The zero-order valence-electron chi connectivity index (χ0n) is 16.1. The molecule has 5 aromatic rings. The summed E-state index contributed by atoms with van der Waals surface area (Å²) in [4.78, 5) is 14.1. The Labute approximate surface area is 171 Å². The van der Waals surface area contributed by atoms with Crippen LogP contribution in [0.1, 0.15) is 15.9 Å². The van der Waals surface area contributed by atoms with E-state index in [0.29, 0.717) is 16.8 Å². The zero-order valence-corrected chi connectivity index (χ0v) is 16.1. The molecule has 0 atom stereocenters. The molecule has 0 saturated carbocycles. The quantitative estimate of drug-likeness (QED) is 0.452. The molecule has 0 unspecified atom stereocenters. The minimum absolute atomic E-state index is 0.307. The van der Waals surface area contributed by atoms with E-state index in [1.54, 1.807) is 10.9 Å². The number of anilines is 1. The van der Waals surface area contributed by atoms with Crippen molar-refractivity contribution in [2.24, 2.45) is 0 Å². The van der Waals surface area contributed by atoms with E-state index in [4.69, 9.17) is 0 Å². The molecule has 0 aliphatic rings. The summed E-state index contributed by atoms with van der Waals surface area (Å²) < 4.78 is 13.1. The smallest absolute Gasteiger partial charge is 0.255 e. The molecule has 6 heteroatoms. The standard InChI is InChI=1S/C24H17FN4O/c1-15-13-21-22(14-20(15)26-24(30)17-9-11-18(25)12-10-17)28-29(27-21)23-8-4-6-16-5-2-3-7-19(16)23/h2-14H,1H3,(H,26,30). The van der Waals surface area contributed by atoms with Gasteiger partial charge in [-0.3, -0.25) is 4.79 Å². The fourth-order valence-corrected chi connectivity index (χ4v) is 3.49. The van der Waals surface area contributed by atoms with E-state index in [9.17, 15) is 9.18 Å². The number of halogens is 1. The fraction of sp³-hybridized carbons (Fsp3) is 0.0417. The first-order valence-corrected chi connectivity index (χ1v) is 9.51. The molecule has 30 heavy (non-hydrogen) atoms. The zero-order chi connectivity index (χ0) is 20.7. The lowest BCUT2D eigenvalue weighted by molar-refractivity contribution is 0.102. The highest BCUT2D eigenvalue weighted by atomic mass is 19.1. The molecule has 0 spiro atoms. The number of fused-ring (bicyclic) bond motifs is 2. The number of amides is 1. The molecule has 0 aliphatic heterocycles. The highest BCUT2D eigenvalue weighted by Crippen LogP contribution is 2.25. The second-order valence-corrected chi connectivity index (χ2v) is 7.10. The van der Waals surface area contributed by atoms with Gasteiger partial charge in [-0.2, -0.15) is 0 Å². The number of aryl methyl sites for hydroxylation is 1. The van der Waals surface area contributed by atoms with E-state index >= 15 is 0 Å². The molecule has 1 heterocycles. The minimum atomic E-state index is -0.380. The topological polar surface area (TPSA) is 59.8 Å². The van der Waals surface area contributed by atoms with Gasteiger partial charge in [-0.05, 0) is 60.3 Å².